The minimum Gasteiger partial charge on any atom is -0.395 e. The van der Waals surface area contributed by atoms with Crippen LogP contribution in [0.2, 0.25) is 0 Å². The first-order chi connectivity index (χ1) is 9.11. The third kappa shape index (κ3) is 3.00. The lowest BCUT2D eigenvalue weighted by molar-refractivity contribution is -0.111. The molecule has 0 fully saturated rings. The molecular weight excluding hydrogens is 240 g/mol. The van der Waals surface area contributed by atoms with Crippen LogP contribution in [0.25, 0.3) is 0 Å². The van der Waals surface area contributed by atoms with Gasteiger partial charge in [-0.25, -0.2) is 0 Å². The van der Waals surface area contributed by atoms with Gasteiger partial charge in [0.25, 0.3) is 0 Å². The van der Waals surface area contributed by atoms with Crippen molar-refractivity contribution in [2.75, 3.05) is 18.5 Å². The second-order valence-electron chi connectivity index (χ2n) is 4.52. The quantitative estimate of drug-likeness (QED) is 0.647. The molecule has 0 aliphatic rings. The van der Waals surface area contributed by atoms with Gasteiger partial charge >= 0.3 is 0 Å². The highest BCUT2D eigenvalue weighted by Gasteiger charge is 2.16. The third-order valence-electron chi connectivity index (χ3n) is 2.91. The summed E-state index contributed by atoms with van der Waals surface area (Å²) in [5.74, 6) is 0. The van der Waals surface area contributed by atoms with Crippen LogP contribution >= 0.6 is 0 Å². The second-order valence-corrected chi connectivity index (χ2v) is 4.52. The molecular formula is C14H19N4O+. The number of aromatic nitrogens is 2. The number of nitrogens with two attached hydrogens (primary N) is 1. The fourth-order valence-electron chi connectivity index (χ4n) is 1.94. The number of aliphatic hydroxyl groups excluding tert-OH is 1. The van der Waals surface area contributed by atoms with Gasteiger partial charge in [-0.3, -0.25) is 10.1 Å². The maximum atomic E-state index is 8.92. The van der Waals surface area contributed by atoms with Gasteiger partial charge in [-0.15, -0.1) is 0 Å². The number of hydrogen-bond donors (Lipinski definition) is 3. The number of benzene rings is 1. The molecule has 0 atom stereocenters. The zero-order valence-corrected chi connectivity index (χ0v) is 11.2. The van der Waals surface area contributed by atoms with Crippen molar-refractivity contribution in [2.24, 2.45) is 7.05 Å². The molecule has 2 aromatic rings. The van der Waals surface area contributed by atoms with E-state index in [9.17, 15) is 0 Å². The van der Waals surface area contributed by atoms with Crippen molar-refractivity contribution in [1.29, 1.82) is 0 Å². The molecule has 0 aliphatic carbocycles. The maximum absolute atomic E-state index is 8.92. The maximum Gasteiger partial charge on any atom is 0.216 e. The van der Waals surface area contributed by atoms with Crippen molar-refractivity contribution in [3.8, 4) is 0 Å². The van der Waals surface area contributed by atoms with Crippen molar-refractivity contribution in [3.05, 3.63) is 47.3 Å². The molecule has 5 nitrogen and oxygen atoms in total. The molecule has 0 spiro atoms. The van der Waals surface area contributed by atoms with E-state index in [-0.39, 0.29) is 6.61 Å². The molecule has 0 radical (unpaired) electrons. The fourth-order valence-corrected chi connectivity index (χ4v) is 1.94. The highest BCUT2D eigenvalue weighted by molar-refractivity contribution is 6.12. The lowest BCUT2D eigenvalue weighted by atomic mass is 10.0. The lowest BCUT2D eigenvalue weighted by Gasteiger charge is -2.10. The van der Waals surface area contributed by atoms with Gasteiger partial charge in [0.15, 0.2) is 0 Å². The van der Waals surface area contributed by atoms with Gasteiger partial charge in [-0.2, -0.15) is 5.10 Å². The summed E-state index contributed by atoms with van der Waals surface area (Å²) >= 11 is 0. The Labute approximate surface area is 112 Å². The molecule has 2 rings (SSSR count). The number of hydrogen-bond acceptors (Lipinski definition) is 3. The van der Waals surface area contributed by atoms with E-state index in [0.717, 1.165) is 22.4 Å². The SMILES string of the molecule is Cc1ccc(NCCO)c(C(=[NH2+])c2cnn(C)c2)c1. The Balaban J connectivity index is 2.36. The summed E-state index contributed by atoms with van der Waals surface area (Å²) in [6.07, 6.45) is 3.63. The van der Waals surface area contributed by atoms with Gasteiger partial charge in [0.1, 0.15) is 0 Å². The molecule has 0 unspecified atom stereocenters. The second kappa shape index (κ2) is 5.67. The van der Waals surface area contributed by atoms with E-state index in [1.54, 1.807) is 10.9 Å². The highest BCUT2D eigenvalue weighted by atomic mass is 16.3. The van der Waals surface area contributed by atoms with E-state index in [2.05, 4.69) is 10.4 Å². The Morgan fingerprint density at radius 1 is 1.47 bits per heavy atom. The Kier molecular flexibility index (Phi) is 3.97. The topological polar surface area (TPSA) is 75.7 Å². The van der Waals surface area contributed by atoms with Crippen molar-refractivity contribution < 1.29 is 10.5 Å². The largest absolute Gasteiger partial charge is 0.395 e. The molecule has 1 aromatic carbocycles. The molecule has 100 valence electrons. The van der Waals surface area contributed by atoms with E-state index in [4.69, 9.17) is 10.5 Å². The lowest BCUT2D eigenvalue weighted by Crippen LogP contribution is -2.41. The summed E-state index contributed by atoms with van der Waals surface area (Å²) in [7, 11) is 1.86. The number of anilines is 1. The van der Waals surface area contributed by atoms with Gasteiger partial charge in [0, 0.05) is 25.5 Å². The van der Waals surface area contributed by atoms with Gasteiger partial charge < -0.3 is 10.4 Å². The minimum absolute atomic E-state index is 0.0834. The average Bonchev–Trinajstić information content (AvgIpc) is 2.83. The van der Waals surface area contributed by atoms with Crippen LogP contribution in [0.1, 0.15) is 16.7 Å². The first kappa shape index (κ1) is 13.3. The van der Waals surface area contributed by atoms with E-state index >= 15 is 0 Å². The summed E-state index contributed by atoms with van der Waals surface area (Å²) in [6, 6.07) is 6.02. The number of rotatable bonds is 5. The molecule has 5 heteroatoms. The van der Waals surface area contributed by atoms with Crippen molar-refractivity contribution in [1.82, 2.24) is 9.78 Å². The van der Waals surface area contributed by atoms with E-state index in [1.165, 1.54) is 0 Å². The van der Waals surface area contributed by atoms with Crippen molar-refractivity contribution >= 4 is 11.4 Å². The van der Waals surface area contributed by atoms with Crippen LogP contribution in [0.5, 0.6) is 0 Å². The molecule has 4 N–H and O–H groups in total. The minimum atomic E-state index is 0.0834. The molecule has 19 heavy (non-hydrogen) atoms. The Hall–Kier alpha value is -2.14. The van der Waals surface area contributed by atoms with E-state index in [0.29, 0.717) is 12.3 Å². The van der Waals surface area contributed by atoms with Crippen LogP contribution in [0.3, 0.4) is 0 Å². The molecule has 1 heterocycles. The summed E-state index contributed by atoms with van der Waals surface area (Å²) in [5.41, 5.74) is 4.55. The van der Waals surface area contributed by atoms with Gasteiger partial charge in [-0.05, 0) is 19.1 Å². The molecule has 0 saturated heterocycles. The summed E-state index contributed by atoms with van der Waals surface area (Å²) < 4.78 is 1.72. The van der Waals surface area contributed by atoms with Crippen LogP contribution in [0, 0.1) is 6.92 Å². The average molecular weight is 259 g/mol. The van der Waals surface area contributed by atoms with Crippen LogP contribution in [0.15, 0.2) is 30.6 Å². The molecule has 0 amide bonds. The van der Waals surface area contributed by atoms with Crippen LogP contribution in [-0.2, 0) is 7.05 Å². The van der Waals surface area contributed by atoms with Crippen molar-refractivity contribution in [2.45, 2.75) is 6.92 Å². The van der Waals surface area contributed by atoms with E-state index in [1.807, 2.05) is 38.4 Å². The Morgan fingerprint density at radius 2 is 2.26 bits per heavy atom. The number of nitrogens with one attached hydrogen (secondary N) is 1. The predicted molar refractivity (Wildman–Crippen MR) is 75.1 cm³/mol. The van der Waals surface area contributed by atoms with Crippen LogP contribution in [-0.4, -0.2) is 33.8 Å². The Morgan fingerprint density at radius 3 is 2.89 bits per heavy atom. The van der Waals surface area contributed by atoms with Crippen LogP contribution in [0.4, 0.5) is 5.69 Å². The zero-order valence-electron chi connectivity index (χ0n) is 11.2. The first-order valence-electron chi connectivity index (χ1n) is 6.19. The zero-order chi connectivity index (χ0) is 13.8. The third-order valence-corrected chi connectivity index (χ3v) is 2.91. The number of nitrogens with zero attached hydrogens (tertiary/aromatic N) is 2. The number of aliphatic hydroxyl groups is 1. The van der Waals surface area contributed by atoms with Gasteiger partial charge in [0.2, 0.25) is 5.71 Å². The summed E-state index contributed by atoms with van der Waals surface area (Å²) in [5, 5.41) is 22.5. The molecule has 0 aliphatic heterocycles. The monoisotopic (exact) mass is 259 g/mol. The smallest absolute Gasteiger partial charge is 0.216 e. The molecule has 0 saturated carbocycles. The standard InChI is InChI=1S/C14H18N4O/c1-10-3-4-13(16-5-6-19)12(7-10)14(15)11-8-17-18(2)9-11/h3-4,7-9,15-16,19H,5-6H2,1-2H3/p+1. The first-order valence-corrected chi connectivity index (χ1v) is 6.19. The fraction of sp³-hybridized carbons (Fsp3) is 0.286. The summed E-state index contributed by atoms with van der Waals surface area (Å²) in [4.78, 5) is 0. The highest BCUT2D eigenvalue weighted by Crippen LogP contribution is 2.19. The van der Waals surface area contributed by atoms with Crippen LogP contribution < -0.4 is 10.7 Å². The molecule has 1 aromatic heterocycles. The number of aryl methyl sites for hydroxylation is 2. The summed E-state index contributed by atoms with van der Waals surface area (Å²) in [6.45, 7) is 2.60. The predicted octanol–water partition coefficient (Wildman–Crippen LogP) is -0.271. The van der Waals surface area contributed by atoms with Gasteiger partial charge in [-0.1, -0.05) is 11.6 Å². The van der Waals surface area contributed by atoms with E-state index < -0.39 is 0 Å². The van der Waals surface area contributed by atoms with Crippen molar-refractivity contribution in [3.63, 3.8) is 0 Å². The molecule has 0 bridgehead atoms. The normalized spacial score (nSPS) is 10.5. The van der Waals surface area contributed by atoms with Gasteiger partial charge in [0.05, 0.1) is 23.9 Å². The Bertz CT molecular complexity index is 589.